The lowest BCUT2D eigenvalue weighted by atomic mass is 10.3. The average molecular weight is 301 g/mol. The van der Waals surface area contributed by atoms with Crippen molar-refractivity contribution in [2.45, 2.75) is 11.3 Å². The predicted octanol–water partition coefficient (Wildman–Crippen LogP) is -0.496. The highest BCUT2D eigenvalue weighted by atomic mass is 32.2. The van der Waals surface area contributed by atoms with E-state index in [2.05, 4.69) is 13.5 Å². The zero-order valence-electron chi connectivity index (χ0n) is 10.9. The van der Waals surface area contributed by atoms with E-state index in [0.717, 1.165) is 24.7 Å². The number of nitrogens with one attached hydrogen (secondary N) is 2. The highest BCUT2D eigenvalue weighted by Crippen LogP contribution is 2.20. The van der Waals surface area contributed by atoms with E-state index in [4.69, 9.17) is 0 Å². The Bertz CT molecular complexity index is 652. The summed E-state index contributed by atoms with van der Waals surface area (Å²) in [5.41, 5.74) is 1.06. The van der Waals surface area contributed by atoms with Crippen molar-refractivity contribution in [1.82, 2.24) is 13.5 Å². The molecular formula is C11H17N4O2S2+. The second kappa shape index (κ2) is 5.91. The molecule has 2 aromatic rings. The summed E-state index contributed by atoms with van der Waals surface area (Å²) in [6.45, 7) is 1.35. The molecule has 0 radical (unpaired) electrons. The Kier molecular flexibility index (Phi) is 4.46. The van der Waals surface area contributed by atoms with Gasteiger partial charge in [-0.3, -0.25) is 0 Å². The molecule has 2 rings (SSSR count). The number of sulfonamides is 1. The molecule has 0 aliphatic heterocycles. The van der Waals surface area contributed by atoms with Gasteiger partial charge in [0.2, 0.25) is 10.0 Å². The Morgan fingerprint density at radius 1 is 1.32 bits per heavy atom. The van der Waals surface area contributed by atoms with Gasteiger partial charge in [0.05, 0.1) is 32.4 Å². The number of fused-ring (bicyclic) bond motifs is 1. The summed E-state index contributed by atoms with van der Waals surface area (Å²) in [5, 5.41) is 0. The van der Waals surface area contributed by atoms with Gasteiger partial charge in [0.15, 0.2) is 0 Å². The molecule has 0 saturated carbocycles. The summed E-state index contributed by atoms with van der Waals surface area (Å²) >= 11 is 1.02. The molecule has 1 aromatic heterocycles. The minimum Gasteiger partial charge on any atom is -0.340 e. The Labute approximate surface area is 116 Å². The SMILES string of the molecule is C[NH+](C)CCCNS(=O)(=O)c1cccc2nsnc12. The largest absolute Gasteiger partial charge is 0.340 e. The van der Waals surface area contributed by atoms with Gasteiger partial charge in [-0.1, -0.05) is 6.07 Å². The predicted molar refractivity (Wildman–Crippen MR) is 74.9 cm³/mol. The standard InChI is InChI=1S/C11H16N4O2S2/c1-15(2)8-4-7-12-19(16,17)10-6-3-5-9-11(10)14-18-13-9/h3,5-6,12H,4,7-8H2,1-2H3/p+1. The second-order valence-corrected chi connectivity index (χ2v) is 6.86. The van der Waals surface area contributed by atoms with Gasteiger partial charge in [-0.05, 0) is 12.1 Å². The smallest absolute Gasteiger partial charge is 0.242 e. The van der Waals surface area contributed by atoms with Crippen LogP contribution in [0.5, 0.6) is 0 Å². The molecule has 1 aromatic carbocycles. The van der Waals surface area contributed by atoms with Crippen LogP contribution in [0.2, 0.25) is 0 Å². The summed E-state index contributed by atoms with van der Waals surface area (Å²) in [6, 6.07) is 5.00. The lowest BCUT2D eigenvalue weighted by Gasteiger charge is -2.09. The van der Waals surface area contributed by atoms with Crippen LogP contribution in [0.3, 0.4) is 0 Å². The van der Waals surface area contributed by atoms with Crippen molar-refractivity contribution in [3.05, 3.63) is 18.2 Å². The van der Waals surface area contributed by atoms with E-state index in [-0.39, 0.29) is 4.90 Å². The molecule has 0 spiro atoms. The molecule has 0 unspecified atom stereocenters. The van der Waals surface area contributed by atoms with Crippen molar-refractivity contribution in [2.24, 2.45) is 0 Å². The monoisotopic (exact) mass is 301 g/mol. The molecule has 8 heteroatoms. The Balaban J connectivity index is 2.13. The Hall–Kier alpha value is -1.09. The molecule has 0 fully saturated rings. The van der Waals surface area contributed by atoms with E-state index in [1.165, 1.54) is 4.90 Å². The van der Waals surface area contributed by atoms with Crippen LogP contribution in [-0.4, -0.2) is 44.3 Å². The van der Waals surface area contributed by atoms with Crippen LogP contribution in [0, 0.1) is 0 Å². The van der Waals surface area contributed by atoms with Crippen LogP contribution in [0.25, 0.3) is 11.0 Å². The number of aromatic nitrogens is 2. The van der Waals surface area contributed by atoms with Crippen molar-refractivity contribution < 1.29 is 13.3 Å². The molecule has 0 aliphatic rings. The van der Waals surface area contributed by atoms with Crippen LogP contribution in [0.4, 0.5) is 0 Å². The molecule has 0 saturated heterocycles. The van der Waals surface area contributed by atoms with Gasteiger partial charge in [0.25, 0.3) is 0 Å². The summed E-state index contributed by atoms with van der Waals surface area (Å²) in [6.07, 6.45) is 0.798. The van der Waals surface area contributed by atoms with E-state index < -0.39 is 10.0 Å². The number of benzene rings is 1. The van der Waals surface area contributed by atoms with E-state index >= 15 is 0 Å². The minimum absolute atomic E-state index is 0.205. The first-order valence-corrected chi connectivity index (χ1v) is 8.22. The van der Waals surface area contributed by atoms with Crippen molar-refractivity contribution in [1.29, 1.82) is 0 Å². The van der Waals surface area contributed by atoms with Crippen molar-refractivity contribution in [3.63, 3.8) is 0 Å². The molecule has 0 atom stereocenters. The van der Waals surface area contributed by atoms with E-state index in [1.807, 2.05) is 14.1 Å². The molecule has 104 valence electrons. The quantitative estimate of drug-likeness (QED) is 0.706. The third kappa shape index (κ3) is 3.47. The Morgan fingerprint density at radius 2 is 2.11 bits per heavy atom. The molecule has 2 N–H and O–H groups in total. The topological polar surface area (TPSA) is 76.4 Å². The number of hydrogen-bond donors (Lipinski definition) is 2. The maximum Gasteiger partial charge on any atom is 0.242 e. The van der Waals surface area contributed by atoms with Crippen LogP contribution in [-0.2, 0) is 10.0 Å². The van der Waals surface area contributed by atoms with Crippen LogP contribution >= 0.6 is 11.7 Å². The van der Waals surface area contributed by atoms with Gasteiger partial charge in [-0.2, -0.15) is 8.75 Å². The molecule has 0 amide bonds. The number of rotatable bonds is 6. The van der Waals surface area contributed by atoms with Crippen molar-refractivity contribution in [3.8, 4) is 0 Å². The van der Waals surface area contributed by atoms with Crippen molar-refractivity contribution in [2.75, 3.05) is 27.2 Å². The number of nitrogens with zero attached hydrogens (tertiary/aromatic N) is 2. The summed E-state index contributed by atoms with van der Waals surface area (Å²) in [4.78, 5) is 1.50. The van der Waals surface area contributed by atoms with E-state index in [1.54, 1.807) is 18.2 Å². The average Bonchev–Trinajstić information content (AvgIpc) is 2.82. The first-order chi connectivity index (χ1) is 9.00. The zero-order chi connectivity index (χ0) is 13.9. The highest BCUT2D eigenvalue weighted by Gasteiger charge is 2.18. The van der Waals surface area contributed by atoms with Gasteiger partial charge < -0.3 is 4.90 Å². The van der Waals surface area contributed by atoms with Gasteiger partial charge in [-0.25, -0.2) is 13.1 Å². The van der Waals surface area contributed by atoms with E-state index in [0.29, 0.717) is 17.6 Å². The van der Waals surface area contributed by atoms with Crippen LogP contribution < -0.4 is 9.62 Å². The van der Waals surface area contributed by atoms with Crippen LogP contribution in [0.1, 0.15) is 6.42 Å². The van der Waals surface area contributed by atoms with Gasteiger partial charge in [0.1, 0.15) is 15.9 Å². The molecular weight excluding hydrogens is 284 g/mol. The number of quaternary nitrogens is 1. The fourth-order valence-electron chi connectivity index (χ4n) is 1.72. The summed E-state index contributed by atoms with van der Waals surface area (Å²) in [7, 11) is 0.566. The first kappa shape index (κ1) is 14.3. The minimum atomic E-state index is -3.51. The zero-order valence-corrected chi connectivity index (χ0v) is 12.5. The molecule has 0 bridgehead atoms. The highest BCUT2D eigenvalue weighted by molar-refractivity contribution is 7.89. The third-order valence-corrected chi connectivity index (χ3v) is 4.72. The number of hydrogen-bond acceptors (Lipinski definition) is 5. The lowest BCUT2D eigenvalue weighted by molar-refractivity contribution is -0.858. The van der Waals surface area contributed by atoms with E-state index in [9.17, 15) is 8.42 Å². The van der Waals surface area contributed by atoms with Gasteiger partial charge in [-0.15, -0.1) is 0 Å². The fourth-order valence-corrected chi connectivity index (χ4v) is 3.56. The molecule has 19 heavy (non-hydrogen) atoms. The molecule has 6 nitrogen and oxygen atoms in total. The van der Waals surface area contributed by atoms with Gasteiger partial charge >= 0.3 is 0 Å². The Morgan fingerprint density at radius 3 is 2.84 bits per heavy atom. The second-order valence-electron chi connectivity index (χ2n) is 4.60. The summed E-state index contributed by atoms with van der Waals surface area (Å²) in [5.74, 6) is 0. The van der Waals surface area contributed by atoms with Gasteiger partial charge in [0, 0.05) is 13.0 Å². The fraction of sp³-hybridized carbons (Fsp3) is 0.455. The maximum absolute atomic E-state index is 12.2. The molecule has 1 heterocycles. The first-order valence-electron chi connectivity index (χ1n) is 6.01. The molecule has 0 aliphatic carbocycles. The normalized spacial score (nSPS) is 12.4. The lowest BCUT2D eigenvalue weighted by Crippen LogP contribution is -3.05. The van der Waals surface area contributed by atoms with Crippen molar-refractivity contribution >= 4 is 32.8 Å². The third-order valence-electron chi connectivity index (χ3n) is 2.68. The maximum atomic E-state index is 12.2. The van der Waals surface area contributed by atoms with Crippen LogP contribution in [0.15, 0.2) is 23.1 Å². The summed E-state index contributed by atoms with van der Waals surface area (Å²) < 4.78 is 35.1.